The Morgan fingerprint density at radius 1 is 0.281 bits per heavy atom. The van der Waals surface area contributed by atoms with Crippen molar-refractivity contribution in [1.82, 2.24) is 9.13 Å². The molecule has 0 atom stereocenters. The summed E-state index contributed by atoms with van der Waals surface area (Å²) in [5.74, 6) is 0. The lowest BCUT2D eigenvalue weighted by atomic mass is 9.91. The van der Waals surface area contributed by atoms with Gasteiger partial charge < -0.3 is 9.13 Å². The lowest BCUT2D eigenvalue weighted by molar-refractivity contribution is 1.18. The second-order valence-electron chi connectivity index (χ2n) is 14.9. The summed E-state index contributed by atoms with van der Waals surface area (Å²) in [5.41, 5.74) is 14.3. The van der Waals surface area contributed by atoms with Crippen molar-refractivity contribution in [3.8, 4) is 44.8 Å². The second-order valence-corrected chi connectivity index (χ2v) is 16.0. The average molecular weight is 743 g/mol. The molecule has 0 aliphatic rings. The molecular formula is C54H34N2S. The quantitative estimate of drug-likeness (QED) is 0.166. The molecule has 0 N–H and O–H groups in total. The highest BCUT2D eigenvalue weighted by atomic mass is 32.1. The molecule has 12 aromatic rings. The maximum Gasteiger partial charge on any atom is 0.0619 e. The first kappa shape index (κ1) is 32.1. The molecule has 3 aromatic heterocycles. The number of hydrogen-bond donors (Lipinski definition) is 0. The molecule has 3 heteroatoms. The van der Waals surface area contributed by atoms with E-state index < -0.39 is 0 Å². The molecule has 0 spiro atoms. The van der Waals surface area contributed by atoms with Gasteiger partial charge in [-0.05, 0) is 95.1 Å². The zero-order valence-electron chi connectivity index (χ0n) is 30.9. The Labute approximate surface area is 333 Å². The highest BCUT2D eigenvalue weighted by Gasteiger charge is 2.20. The molecule has 0 aliphatic heterocycles. The van der Waals surface area contributed by atoms with Gasteiger partial charge >= 0.3 is 0 Å². The van der Waals surface area contributed by atoms with E-state index in [1.165, 1.54) is 97.2 Å². The maximum atomic E-state index is 2.45. The van der Waals surface area contributed by atoms with E-state index in [4.69, 9.17) is 0 Å². The zero-order valence-corrected chi connectivity index (χ0v) is 31.7. The summed E-state index contributed by atoms with van der Waals surface area (Å²) in [6.07, 6.45) is 0. The van der Waals surface area contributed by atoms with Gasteiger partial charge in [0.25, 0.3) is 0 Å². The third-order valence-electron chi connectivity index (χ3n) is 11.7. The number of thiophene rings is 1. The number of para-hydroxylation sites is 6. The number of nitrogens with zero attached hydrogens (tertiary/aromatic N) is 2. The number of fused-ring (bicyclic) bond motifs is 9. The van der Waals surface area contributed by atoms with Gasteiger partial charge in [0.05, 0.1) is 22.1 Å². The molecule has 0 saturated carbocycles. The van der Waals surface area contributed by atoms with Crippen molar-refractivity contribution in [1.29, 1.82) is 0 Å². The molecule has 2 nitrogen and oxygen atoms in total. The molecule has 0 unspecified atom stereocenters. The summed E-state index contributed by atoms with van der Waals surface area (Å²) in [5, 5.41) is 7.61. The molecule has 266 valence electrons. The molecule has 57 heavy (non-hydrogen) atoms. The van der Waals surface area contributed by atoms with E-state index in [2.05, 4.69) is 215 Å². The fraction of sp³-hybridized carbons (Fsp3) is 0. The van der Waals surface area contributed by atoms with E-state index in [1.54, 1.807) is 0 Å². The predicted octanol–water partition coefficient (Wildman–Crippen LogP) is 15.2. The normalized spacial score (nSPS) is 11.9. The molecule has 0 radical (unpaired) electrons. The predicted molar refractivity (Wildman–Crippen MR) is 244 cm³/mol. The smallest absolute Gasteiger partial charge is 0.0619 e. The second kappa shape index (κ2) is 12.7. The van der Waals surface area contributed by atoms with Crippen molar-refractivity contribution < 1.29 is 0 Å². The van der Waals surface area contributed by atoms with Crippen molar-refractivity contribution in [3.05, 3.63) is 206 Å². The Kier molecular flexibility index (Phi) is 7.13. The Balaban J connectivity index is 1.19. The molecule has 12 rings (SSSR count). The minimum atomic E-state index is 1.15. The summed E-state index contributed by atoms with van der Waals surface area (Å²) in [4.78, 5) is 0. The monoisotopic (exact) mass is 742 g/mol. The van der Waals surface area contributed by atoms with Gasteiger partial charge in [0.15, 0.2) is 0 Å². The van der Waals surface area contributed by atoms with Crippen LogP contribution >= 0.6 is 11.3 Å². The number of rotatable bonds is 5. The molecule has 9 aromatic carbocycles. The van der Waals surface area contributed by atoms with Crippen LogP contribution in [0.25, 0.3) is 109 Å². The van der Waals surface area contributed by atoms with Crippen molar-refractivity contribution >= 4 is 75.1 Å². The van der Waals surface area contributed by atoms with Crippen LogP contribution in [0.15, 0.2) is 206 Å². The van der Waals surface area contributed by atoms with E-state index >= 15 is 0 Å². The van der Waals surface area contributed by atoms with Crippen molar-refractivity contribution in [2.24, 2.45) is 0 Å². The topological polar surface area (TPSA) is 9.86 Å². The third kappa shape index (κ3) is 4.96. The van der Waals surface area contributed by atoms with Gasteiger partial charge in [-0.25, -0.2) is 0 Å². The average Bonchev–Trinajstić information content (AvgIpc) is 3.94. The third-order valence-corrected chi connectivity index (χ3v) is 12.8. The van der Waals surface area contributed by atoms with Crippen LogP contribution in [-0.4, -0.2) is 9.13 Å². The van der Waals surface area contributed by atoms with Gasteiger partial charge in [-0.1, -0.05) is 133 Å². The summed E-state index contributed by atoms with van der Waals surface area (Å²) in [7, 11) is 0. The van der Waals surface area contributed by atoms with Crippen LogP contribution in [0, 0.1) is 0 Å². The van der Waals surface area contributed by atoms with E-state index in [0.29, 0.717) is 0 Å². The van der Waals surface area contributed by atoms with Crippen molar-refractivity contribution in [2.45, 2.75) is 0 Å². The minimum absolute atomic E-state index is 1.15. The van der Waals surface area contributed by atoms with E-state index in [9.17, 15) is 0 Å². The van der Waals surface area contributed by atoms with E-state index in [0.717, 1.165) is 11.4 Å². The van der Waals surface area contributed by atoms with Gasteiger partial charge in [-0.3, -0.25) is 0 Å². The molecule has 0 bridgehead atoms. The van der Waals surface area contributed by atoms with Gasteiger partial charge in [0.2, 0.25) is 0 Å². The molecule has 0 amide bonds. The zero-order chi connectivity index (χ0) is 37.5. The van der Waals surface area contributed by atoms with Crippen LogP contribution in [0.1, 0.15) is 0 Å². The van der Waals surface area contributed by atoms with Crippen LogP contribution in [0.4, 0.5) is 0 Å². The first-order valence-corrected chi connectivity index (χ1v) is 20.3. The SMILES string of the molecule is c1ccc(-n2c3ccccc3c3cccc(-c4cc(-c5ccc6sc7ccccc7c6c5)cc(-c5cccc6c7ccccc7n(-c7ccccc7)c56)c4)c32)cc1. The largest absolute Gasteiger partial charge is 0.309 e. The van der Waals surface area contributed by atoms with Gasteiger partial charge in [-0.2, -0.15) is 0 Å². The summed E-state index contributed by atoms with van der Waals surface area (Å²) < 4.78 is 7.53. The van der Waals surface area contributed by atoms with E-state index in [1.807, 2.05) is 11.3 Å². The van der Waals surface area contributed by atoms with E-state index in [-0.39, 0.29) is 0 Å². The van der Waals surface area contributed by atoms with Crippen LogP contribution in [-0.2, 0) is 0 Å². The maximum absolute atomic E-state index is 2.45. The standard InChI is InChI=1S/C54H34N2S/c1-3-15-39(16-4-1)55-49-26-10-7-19-43(49)46-24-13-22-41(53(46)55)37-31-36(35-29-30-52-48(34-35)45-21-9-12-28-51(45)57-52)32-38(33-37)42-23-14-25-47-44-20-8-11-27-50(44)56(54(42)47)40-17-5-2-6-18-40/h1-34H. The van der Waals surface area contributed by atoms with Crippen LogP contribution in [0.5, 0.6) is 0 Å². The summed E-state index contributed by atoms with van der Waals surface area (Å²) in [6, 6.07) is 75.9. The minimum Gasteiger partial charge on any atom is -0.309 e. The Bertz CT molecular complexity index is 3340. The fourth-order valence-corrected chi connectivity index (χ4v) is 10.3. The van der Waals surface area contributed by atoms with Gasteiger partial charge in [-0.15, -0.1) is 11.3 Å². The lowest BCUT2D eigenvalue weighted by Crippen LogP contribution is -1.96. The van der Waals surface area contributed by atoms with Crippen molar-refractivity contribution in [2.75, 3.05) is 0 Å². The Morgan fingerprint density at radius 2 is 0.737 bits per heavy atom. The summed E-state index contributed by atoms with van der Waals surface area (Å²) >= 11 is 1.87. The van der Waals surface area contributed by atoms with Gasteiger partial charge in [0.1, 0.15) is 0 Å². The van der Waals surface area contributed by atoms with Crippen LogP contribution in [0.3, 0.4) is 0 Å². The molecule has 0 saturated heterocycles. The van der Waals surface area contributed by atoms with Crippen molar-refractivity contribution in [3.63, 3.8) is 0 Å². The molecule has 0 aliphatic carbocycles. The fourth-order valence-electron chi connectivity index (χ4n) is 9.20. The van der Waals surface area contributed by atoms with Crippen LogP contribution in [0.2, 0.25) is 0 Å². The number of benzene rings is 9. The summed E-state index contributed by atoms with van der Waals surface area (Å²) in [6.45, 7) is 0. The Morgan fingerprint density at radius 3 is 1.32 bits per heavy atom. The van der Waals surface area contributed by atoms with Gasteiger partial charge in [0, 0.05) is 64.2 Å². The first-order valence-electron chi connectivity index (χ1n) is 19.5. The first-order chi connectivity index (χ1) is 28.3. The molecular weight excluding hydrogens is 709 g/mol. The Hall–Kier alpha value is -7.20. The lowest BCUT2D eigenvalue weighted by Gasteiger charge is -2.16. The van der Waals surface area contributed by atoms with Crippen LogP contribution < -0.4 is 0 Å². The highest BCUT2D eigenvalue weighted by Crippen LogP contribution is 2.44. The molecule has 3 heterocycles. The molecule has 0 fully saturated rings. The number of aromatic nitrogens is 2. The number of hydrogen-bond acceptors (Lipinski definition) is 1. The highest BCUT2D eigenvalue weighted by molar-refractivity contribution is 7.25.